The first-order chi connectivity index (χ1) is 13.4. The molecule has 0 spiro atoms. The summed E-state index contributed by atoms with van der Waals surface area (Å²) in [6.45, 7) is 6.11. The number of amides is 1. The van der Waals surface area contributed by atoms with Gasteiger partial charge < -0.3 is 15.3 Å². The van der Waals surface area contributed by atoms with Gasteiger partial charge in [0.2, 0.25) is 11.9 Å². The number of anilines is 1. The van der Waals surface area contributed by atoms with Crippen LogP contribution in [0.4, 0.5) is 5.95 Å². The summed E-state index contributed by atoms with van der Waals surface area (Å²) >= 11 is 0. The number of nitrogens with zero attached hydrogens (tertiary/aromatic N) is 3. The predicted molar refractivity (Wildman–Crippen MR) is 109 cm³/mol. The summed E-state index contributed by atoms with van der Waals surface area (Å²) in [5.41, 5.74) is 2.26. The van der Waals surface area contributed by atoms with Crippen LogP contribution in [0.15, 0.2) is 6.20 Å². The molecule has 4 rings (SSSR count). The molecule has 1 aromatic rings. The van der Waals surface area contributed by atoms with Gasteiger partial charge in [-0.3, -0.25) is 4.79 Å². The van der Waals surface area contributed by atoms with E-state index in [4.69, 9.17) is 4.98 Å². The number of piperidine rings is 1. The molecule has 2 heterocycles. The van der Waals surface area contributed by atoms with E-state index in [1.807, 2.05) is 6.20 Å². The van der Waals surface area contributed by atoms with Gasteiger partial charge in [-0.05, 0) is 43.9 Å². The van der Waals surface area contributed by atoms with Gasteiger partial charge in [0.15, 0.2) is 0 Å². The Bertz CT molecular complexity index is 706. The smallest absolute Gasteiger partial charge is 0.225 e. The van der Waals surface area contributed by atoms with E-state index in [0.717, 1.165) is 68.8 Å². The molecular formula is C22H34N4O2. The second-order valence-electron chi connectivity index (χ2n) is 9.73. The van der Waals surface area contributed by atoms with Gasteiger partial charge in [0.1, 0.15) is 0 Å². The van der Waals surface area contributed by atoms with E-state index in [1.54, 1.807) is 0 Å². The lowest BCUT2D eigenvalue weighted by molar-refractivity contribution is -0.127. The van der Waals surface area contributed by atoms with Crippen molar-refractivity contribution in [1.82, 2.24) is 15.3 Å². The first-order valence-corrected chi connectivity index (χ1v) is 11.0. The fourth-order valence-corrected chi connectivity index (χ4v) is 5.04. The van der Waals surface area contributed by atoms with Crippen LogP contribution in [0.5, 0.6) is 0 Å². The van der Waals surface area contributed by atoms with Crippen molar-refractivity contribution in [1.29, 1.82) is 0 Å². The molecule has 2 fully saturated rings. The zero-order valence-corrected chi connectivity index (χ0v) is 17.3. The Labute approximate surface area is 168 Å². The lowest BCUT2D eigenvalue weighted by Crippen LogP contribution is -2.41. The fraction of sp³-hybridized carbons (Fsp3) is 0.773. The molecule has 28 heavy (non-hydrogen) atoms. The molecule has 1 aliphatic heterocycles. The van der Waals surface area contributed by atoms with Crippen LogP contribution in [-0.2, 0) is 11.2 Å². The Balaban J connectivity index is 1.53. The molecule has 3 aliphatic rings. The zero-order valence-electron chi connectivity index (χ0n) is 17.3. The van der Waals surface area contributed by atoms with Crippen LogP contribution in [0.2, 0.25) is 0 Å². The molecule has 0 bridgehead atoms. The van der Waals surface area contributed by atoms with Crippen molar-refractivity contribution in [3.8, 4) is 0 Å². The monoisotopic (exact) mass is 386 g/mol. The van der Waals surface area contributed by atoms with Crippen LogP contribution in [0.1, 0.15) is 82.5 Å². The van der Waals surface area contributed by atoms with Crippen molar-refractivity contribution in [3.63, 3.8) is 0 Å². The molecule has 1 amide bonds. The molecule has 1 atom stereocenters. The molecule has 0 unspecified atom stereocenters. The third-order valence-electron chi connectivity index (χ3n) is 6.71. The first kappa shape index (κ1) is 19.6. The minimum Gasteiger partial charge on any atom is -0.393 e. The summed E-state index contributed by atoms with van der Waals surface area (Å²) in [7, 11) is 0. The highest BCUT2D eigenvalue weighted by Gasteiger charge is 2.36. The molecule has 6 nitrogen and oxygen atoms in total. The summed E-state index contributed by atoms with van der Waals surface area (Å²) in [6.07, 6.45) is 10.7. The summed E-state index contributed by atoms with van der Waals surface area (Å²) in [4.78, 5) is 24.6. The van der Waals surface area contributed by atoms with Crippen molar-refractivity contribution in [3.05, 3.63) is 17.5 Å². The lowest BCUT2D eigenvalue weighted by atomic mass is 9.74. The Kier molecular flexibility index (Phi) is 5.59. The molecule has 154 valence electrons. The van der Waals surface area contributed by atoms with E-state index in [-0.39, 0.29) is 29.4 Å². The average Bonchev–Trinajstić information content (AvgIpc) is 2.68. The summed E-state index contributed by atoms with van der Waals surface area (Å²) in [6, 6.07) is 0.00500. The molecule has 1 saturated carbocycles. The van der Waals surface area contributed by atoms with Crippen LogP contribution in [0.25, 0.3) is 0 Å². The normalized spacial score (nSPS) is 26.0. The molecule has 2 N–H and O–H groups in total. The number of carbonyl (C=O) groups is 1. The van der Waals surface area contributed by atoms with Crippen LogP contribution >= 0.6 is 0 Å². The minimum atomic E-state index is -0.202. The van der Waals surface area contributed by atoms with E-state index in [2.05, 4.69) is 29.0 Å². The maximum absolute atomic E-state index is 12.8. The van der Waals surface area contributed by atoms with Gasteiger partial charge >= 0.3 is 0 Å². The molecule has 0 radical (unpaired) electrons. The van der Waals surface area contributed by atoms with Crippen molar-refractivity contribution in [2.45, 2.75) is 83.8 Å². The quantitative estimate of drug-likeness (QED) is 0.834. The highest BCUT2D eigenvalue weighted by Crippen LogP contribution is 2.40. The van der Waals surface area contributed by atoms with Crippen molar-refractivity contribution in [2.75, 3.05) is 18.0 Å². The Hall–Kier alpha value is -1.69. The summed E-state index contributed by atoms with van der Waals surface area (Å²) in [5, 5.41) is 13.1. The maximum atomic E-state index is 12.8. The lowest BCUT2D eigenvalue weighted by Gasteiger charge is -2.38. The highest BCUT2D eigenvalue weighted by atomic mass is 16.3. The number of nitrogens with one attached hydrogen (secondary N) is 1. The number of hydrogen-bond donors (Lipinski definition) is 2. The number of carbonyl (C=O) groups excluding carboxylic acids is 1. The van der Waals surface area contributed by atoms with Crippen molar-refractivity contribution in [2.24, 2.45) is 11.3 Å². The zero-order chi connectivity index (χ0) is 19.7. The second kappa shape index (κ2) is 7.97. The van der Waals surface area contributed by atoms with Crippen LogP contribution in [0.3, 0.4) is 0 Å². The maximum Gasteiger partial charge on any atom is 0.225 e. The van der Waals surface area contributed by atoms with E-state index in [0.29, 0.717) is 0 Å². The van der Waals surface area contributed by atoms with E-state index < -0.39 is 0 Å². The van der Waals surface area contributed by atoms with Crippen LogP contribution in [0, 0.1) is 11.3 Å². The Morgan fingerprint density at radius 1 is 1.18 bits per heavy atom. The number of rotatable bonds is 3. The third-order valence-corrected chi connectivity index (χ3v) is 6.71. The van der Waals surface area contributed by atoms with Crippen LogP contribution < -0.4 is 10.2 Å². The minimum absolute atomic E-state index is 0.00500. The number of aliphatic hydroxyl groups is 1. The SMILES string of the molecule is CC1(C)Cc2nc(N3CCC(O)CC3)ncc2[C@H](NC(=O)C2CCCCC2)C1. The summed E-state index contributed by atoms with van der Waals surface area (Å²) < 4.78 is 0. The van der Waals surface area contributed by atoms with Gasteiger partial charge in [0.25, 0.3) is 0 Å². The predicted octanol–water partition coefficient (Wildman–Crippen LogP) is 3.15. The molecular weight excluding hydrogens is 352 g/mol. The van der Waals surface area contributed by atoms with Gasteiger partial charge in [-0.15, -0.1) is 0 Å². The van der Waals surface area contributed by atoms with Crippen molar-refractivity contribution < 1.29 is 9.90 Å². The number of aromatic nitrogens is 2. The molecule has 2 aliphatic carbocycles. The van der Waals surface area contributed by atoms with E-state index >= 15 is 0 Å². The van der Waals surface area contributed by atoms with Gasteiger partial charge in [0.05, 0.1) is 17.8 Å². The van der Waals surface area contributed by atoms with E-state index in [1.165, 1.54) is 19.3 Å². The number of hydrogen-bond acceptors (Lipinski definition) is 5. The van der Waals surface area contributed by atoms with Gasteiger partial charge in [-0.25, -0.2) is 9.97 Å². The first-order valence-electron chi connectivity index (χ1n) is 11.0. The van der Waals surface area contributed by atoms with Gasteiger partial charge in [-0.2, -0.15) is 0 Å². The number of fused-ring (bicyclic) bond motifs is 1. The third kappa shape index (κ3) is 4.32. The Morgan fingerprint density at radius 2 is 1.89 bits per heavy atom. The Morgan fingerprint density at radius 3 is 2.61 bits per heavy atom. The topological polar surface area (TPSA) is 78.3 Å². The van der Waals surface area contributed by atoms with Crippen molar-refractivity contribution >= 4 is 11.9 Å². The standard InChI is InChI=1S/C22H34N4O2/c1-22(2)12-18(24-20(28)15-6-4-3-5-7-15)17-14-23-21(25-19(17)13-22)26-10-8-16(27)9-11-26/h14-16,18,27H,3-13H2,1-2H3,(H,24,28)/t18-/m1/s1. The average molecular weight is 387 g/mol. The van der Waals surface area contributed by atoms with Crippen LogP contribution in [-0.4, -0.2) is 40.2 Å². The fourth-order valence-electron chi connectivity index (χ4n) is 5.04. The van der Waals surface area contributed by atoms with Gasteiger partial charge in [0, 0.05) is 30.8 Å². The molecule has 1 aromatic heterocycles. The molecule has 0 aromatic carbocycles. The second-order valence-corrected chi connectivity index (χ2v) is 9.73. The summed E-state index contributed by atoms with van der Waals surface area (Å²) in [5.74, 6) is 1.14. The largest absolute Gasteiger partial charge is 0.393 e. The molecule has 6 heteroatoms. The number of aliphatic hydroxyl groups excluding tert-OH is 1. The van der Waals surface area contributed by atoms with E-state index in [9.17, 15) is 9.90 Å². The molecule has 1 saturated heterocycles. The highest BCUT2D eigenvalue weighted by molar-refractivity contribution is 5.79. The van der Waals surface area contributed by atoms with Gasteiger partial charge in [-0.1, -0.05) is 33.1 Å².